The first-order valence-electron chi connectivity index (χ1n) is 8.50. The Labute approximate surface area is 179 Å². The van der Waals surface area contributed by atoms with Gasteiger partial charge in [0.1, 0.15) is 10.6 Å². The Morgan fingerprint density at radius 1 is 1.28 bits per heavy atom. The number of rotatable bonds is 7. The van der Waals surface area contributed by atoms with E-state index in [0.29, 0.717) is 26.3 Å². The molecule has 150 valence electrons. The fourth-order valence-corrected chi connectivity index (χ4v) is 4.17. The van der Waals surface area contributed by atoms with Gasteiger partial charge >= 0.3 is 5.97 Å². The van der Waals surface area contributed by atoms with E-state index in [9.17, 15) is 14.4 Å². The average molecular weight is 450 g/mol. The summed E-state index contributed by atoms with van der Waals surface area (Å²) >= 11 is 8.26. The number of nitrogens with zero attached hydrogens (tertiary/aromatic N) is 1. The summed E-state index contributed by atoms with van der Waals surface area (Å²) in [5.41, 5.74) is 1.44. The summed E-state index contributed by atoms with van der Waals surface area (Å²) in [7, 11) is 0. The van der Waals surface area contributed by atoms with E-state index >= 15 is 0 Å². The van der Waals surface area contributed by atoms with Crippen LogP contribution in [0.3, 0.4) is 0 Å². The molecule has 2 aromatic heterocycles. The Morgan fingerprint density at radius 2 is 2.03 bits per heavy atom. The molecule has 0 aliphatic carbocycles. The van der Waals surface area contributed by atoms with Crippen LogP contribution in [0.5, 0.6) is 0 Å². The van der Waals surface area contributed by atoms with Crippen LogP contribution in [-0.2, 0) is 9.53 Å². The molecule has 0 atom stereocenters. The lowest BCUT2D eigenvalue weighted by Gasteiger charge is -2.09. The predicted octanol–water partition coefficient (Wildman–Crippen LogP) is 4.06. The van der Waals surface area contributed by atoms with E-state index in [2.05, 4.69) is 15.3 Å². The molecule has 0 aliphatic heterocycles. The fourth-order valence-electron chi connectivity index (χ4n) is 2.42. The highest BCUT2D eigenvalue weighted by Crippen LogP contribution is 2.36. The molecule has 0 saturated carbocycles. The van der Waals surface area contributed by atoms with Crippen LogP contribution >= 0.6 is 34.7 Å². The maximum absolute atomic E-state index is 12.5. The molecule has 0 saturated heterocycles. The van der Waals surface area contributed by atoms with Crippen molar-refractivity contribution in [3.8, 4) is 11.1 Å². The Hall–Kier alpha value is -2.62. The minimum Gasteiger partial charge on any atom is -0.462 e. The molecular weight excluding hydrogens is 434 g/mol. The van der Waals surface area contributed by atoms with Gasteiger partial charge < -0.3 is 15.0 Å². The summed E-state index contributed by atoms with van der Waals surface area (Å²) in [6.45, 7) is 1.93. The number of carbonyl (C=O) groups excluding carboxylic acids is 2. The van der Waals surface area contributed by atoms with E-state index in [1.165, 1.54) is 23.6 Å². The van der Waals surface area contributed by atoms with E-state index < -0.39 is 5.97 Å². The summed E-state index contributed by atoms with van der Waals surface area (Å²) in [5, 5.41) is 5.85. The number of hydrogen-bond acceptors (Lipinski definition) is 7. The van der Waals surface area contributed by atoms with Crippen LogP contribution in [-0.4, -0.2) is 34.2 Å². The predicted molar refractivity (Wildman–Crippen MR) is 115 cm³/mol. The zero-order chi connectivity index (χ0) is 20.8. The minimum atomic E-state index is -0.518. The smallest absolute Gasteiger partial charge is 0.341 e. The molecule has 7 nitrogen and oxygen atoms in total. The SMILES string of the molecule is CCOC(=O)c1c(-c2ccc(Cl)cc2)csc1NC(=O)CSc1nccc(=O)[nH]1. The van der Waals surface area contributed by atoms with Gasteiger partial charge in [0, 0.05) is 28.2 Å². The summed E-state index contributed by atoms with van der Waals surface area (Å²) in [5.74, 6) is -0.837. The van der Waals surface area contributed by atoms with Crippen LogP contribution in [0.25, 0.3) is 11.1 Å². The number of nitrogens with one attached hydrogen (secondary N) is 2. The first-order valence-corrected chi connectivity index (χ1v) is 10.7. The van der Waals surface area contributed by atoms with Gasteiger partial charge in [-0.1, -0.05) is 35.5 Å². The quantitative estimate of drug-likeness (QED) is 0.320. The van der Waals surface area contributed by atoms with Crippen LogP contribution in [0, 0.1) is 0 Å². The standard InChI is InChI=1S/C19H16ClN3O4S2/c1-2-27-18(26)16-13(11-3-5-12(20)6-4-11)9-28-17(16)22-15(25)10-29-19-21-8-7-14(24)23-19/h3-9H,2,10H2,1H3,(H,22,25)(H,21,23,24). The lowest BCUT2D eigenvalue weighted by Crippen LogP contribution is -2.17. The molecule has 0 bridgehead atoms. The molecule has 1 aromatic carbocycles. The topological polar surface area (TPSA) is 101 Å². The number of aromatic amines is 1. The van der Waals surface area contributed by atoms with Gasteiger partial charge in [-0.2, -0.15) is 0 Å². The summed E-state index contributed by atoms with van der Waals surface area (Å²) in [6, 6.07) is 8.34. The highest BCUT2D eigenvalue weighted by Gasteiger charge is 2.23. The largest absolute Gasteiger partial charge is 0.462 e. The van der Waals surface area contributed by atoms with Gasteiger partial charge in [0.15, 0.2) is 5.16 Å². The van der Waals surface area contributed by atoms with Crippen LogP contribution < -0.4 is 10.9 Å². The maximum Gasteiger partial charge on any atom is 0.341 e. The molecule has 0 fully saturated rings. The minimum absolute atomic E-state index is 0.0173. The zero-order valence-corrected chi connectivity index (χ0v) is 17.6. The monoisotopic (exact) mass is 449 g/mol. The molecule has 2 heterocycles. The molecule has 0 radical (unpaired) electrons. The molecule has 2 N–H and O–H groups in total. The third kappa shape index (κ3) is 5.47. The van der Waals surface area contributed by atoms with Crippen molar-refractivity contribution in [2.24, 2.45) is 0 Å². The van der Waals surface area contributed by atoms with Crippen molar-refractivity contribution < 1.29 is 14.3 Å². The van der Waals surface area contributed by atoms with Gasteiger partial charge in [0.05, 0.1) is 12.4 Å². The third-order valence-corrected chi connectivity index (χ3v) is 5.70. The van der Waals surface area contributed by atoms with Gasteiger partial charge in [0.25, 0.3) is 5.56 Å². The Balaban J connectivity index is 1.80. The number of hydrogen-bond donors (Lipinski definition) is 2. The number of esters is 1. The molecule has 0 spiro atoms. The molecule has 29 heavy (non-hydrogen) atoms. The lowest BCUT2D eigenvalue weighted by atomic mass is 10.0. The number of carbonyl (C=O) groups is 2. The highest BCUT2D eigenvalue weighted by molar-refractivity contribution is 7.99. The number of anilines is 1. The number of halogens is 1. The van der Waals surface area contributed by atoms with Gasteiger partial charge in [-0.05, 0) is 24.6 Å². The number of ether oxygens (including phenoxy) is 1. The summed E-state index contributed by atoms with van der Waals surface area (Å²) < 4.78 is 5.17. The molecule has 3 aromatic rings. The van der Waals surface area contributed by atoms with Crippen LogP contribution in [0.1, 0.15) is 17.3 Å². The van der Waals surface area contributed by atoms with Gasteiger partial charge in [-0.3, -0.25) is 9.59 Å². The molecule has 1 amide bonds. The Bertz CT molecular complexity index is 1080. The van der Waals surface area contributed by atoms with Crippen molar-refractivity contribution in [3.05, 3.63) is 62.8 Å². The van der Waals surface area contributed by atoms with Crippen molar-refractivity contribution in [1.82, 2.24) is 9.97 Å². The average Bonchev–Trinajstić information content (AvgIpc) is 3.11. The van der Waals surface area contributed by atoms with Gasteiger partial charge in [-0.15, -0.1) is 11.3 Å². The second-order valence-corrected chi connectivity index (χ2v) is 7.94. The normalized spacial score (nSPS) is 10.6. The number of aromatic nitrogens is 2. The number of thiophene rings is 1. The second kappa shape index (κ2) is 9.73. The van der Waals surface area contributed by atoms with Crippen molar-refractivity contribution in [2.45, 2.75) is 12.1 Å². The Kier molecular flexibility index (Phi) is 7.08. The first-order chi connectivity index (χ1) is 14.0. The van der Waals surface area contributed by atoms with E-state index in [4.69, 9.17) is 16.3 Å². The maximum atomic E-state index is 12.5. The van der Waals surface area contributed by atoms with Crippen molar-refractivity contribution in [2.75, 3.05) is 17.7 Å². The van der Waals surface area contributed by atoms with Crippen LogP contribution in [0.2, 0.25) is 5.02 Å². The molecular formula is C19H16ClN3O4S2. The van der Waals surface area contributed by atoms with E-state index in [1.807, 2.05) is 0 Å². The van der Waals surface area contributed by atoms with Gasteiger partial charge in [-0.25, -0.2) is 9.78 Å². The highest BCUT2D eigenvalue weighted by atomic mass is 35.5. The summed E-state index contributed by atoms with van der Waals surface area (Å²) in [4.78, 5) is 42.7. The molecule has 3 rings (SSSR count). The number of thioether (sulfide) groups is 1. The van der Waals surface area contributed by atoms with E-state index in [1.54, 1.807) is 36.6 Å². The van der Waals surface area contributed by atoms with Crippen molar-refractivity contribution >= 4 is 51.6 Å². The number of amides is 1. The molecule has 0 unspecified atom stereocenters. The fraction of sp³-hybridized carbons (Fsp3) is 0.158. The van der Waals surface area contributed by atoms with Crippen molar-refractivity contribution in [1.29, 1.82) is 0 Å². The zero-order valence-electron chi connectivity index (χ0n) is 15.2. The Morgan fingerprint density at radius 3 is 2.72 bits per heavy atom. The lowest BCUT2D eigenvalue weighted by molar-refractivity contribution is -0.113. The van der Waals surface area contributed by atoms with Crippen LogP contribution in [0.4, 0.5) is 5.00 Å². The number of benzene rings is 1. The second-order valence-electron chi connectivity index (χ2n) is 5.66. The van der Waals surface area contributed by atoms with Crippen molar-refractivity contribution in [3.63, 3.8) is 0 Å². The van der Waals surface area contributed by atoms with Gasteiger partial charge in [0.2, 0.25) is 5.91 Å². The molecule has 0 aliphatic rings. The van der Waals surface area contributed by atoms with E-state index in [0.717, 1.165) is 17.3 Å². The first kappa shape index (κ1) is 21.1. The summed E-state index contributed by atoms with van der Waals surface area (Å²) in [6.07, 6.45) is 1.37. The van der Waals surface area contributed by atoms with E-state index in [-0.39, 0.29) is 23.8 Å². The van der Waals surface area contributed by atoms with Crippen LogP contribution in [0.15, 0.2) is 51.9 Å². The third-order valence-electron chi connectivity index (χ3n) is 3.67. The number of H-pyrrole nitrogens is 1. The molecule has 10 heteroatoms.